The van der Waals surface area contributed by atoms with E-state index in [0.717, 1.165) is 5.82 Å². The van der Waals surface area contributed by atoms with E-state index in [-0.39, 0.29) is 18.4 Å². The van der Waals surface area contributed by atoms with Crippen LogP contribution in [0.25, 0.3) is 0 Å². The van der Waals surface area contributed by atoms with Gasteiger partial charge in [-0.2, -0.15) is 4.98 Å². The summed E-state index contributed by atoms with van der Waals surface area (Å²) >= 11 is 0. The Bertz CT molecular complexity index is 304. The van der Waals surface area contributed by atoms with Crippen LogP contribution in [0.15, 0.2) is 4.52 Å². The minimum Gasteiger partial charge on any atom is -0.338 e. The first-order valence-electron chi connectivity index (χ1n) is 5.77. The van der Waals surface area contributed by atoms with Crippen molar-refractivity contribution in [3.05, 3.63) is 11.7 Å². The Kier molecular flexibility index (Phi) is 4.74. The molecule has 1 saturated carbocycles. The third-order valence-corrected chi connectivity index (χ3v) is 3.18. The largest absolute Gasteiger partial charge is 0.338 e. The first kappa shape index (κ1) is 13.5. The molecule has 4 nitrogen and oxygen atoms in total. The lowest BCUT2D eigenvalue weighted by Crippen LogP contribution is -2.17. The maximum atomic E-state index is 5.95. The van der Waals surface area contributed by atoms with E-state index in [0.29, 0.717) is 17.7 Å². The number of hydrogen-bond acceptors (Lipinski definition) is 4. The van der Waals surface area contributed by atoms with E-state index in [1.165, 1.54) is 25.7 Å². The molecule has 1 atom stereocenters. The summed E-state index contributed by atoms with van der Waals surface area (Å²) in [7, 11) is 0. The molecule has 2 N–H and O–H groups in total. The zero-order chi connectivity index (χ0) is 10.8. The van der Waals surface area contributed by atoms with E-state index in [9.17, 15) is 0 Å². The average molecular weight is 246 g/mol. The van der Waals surface area contributed by atoms with Gasteiger partial charge in [-0.15, -0.1) is 12.4 Å². The molecular formula is C11H20ClN3O. The van der Waals surface area contributed by atoms with Crippen molar-refractivity contribution in [3.8, 4) is 0 Å². The average Bonchev–Trinajstić information content (AvgIpc) is 2.86. The summed E-state index contributed by atoms with van der Waals surface area (Å²) in [4.78, 5) is 4.41. The Morgan fingerprint density at radius 3 is 2.50 bits per heavy atom. The second kappa shape index (κ2) is 5.64. The van der Waals surface area contributed by atoms with E-state index in [1.54, 1.807) is 0 Å². The van der Waals surface area contributed by atoms with Gasteiger partial charge in [0.05, 0.1) is 6.04 Å². The predicted octanol–water partition coefficient (Wildman–Crippen LogP) is 2.80. The van der Waals surface area contributed by atoms with Gasteiger partial charge < -0.3 is 10.3 Å². The molecule has 1 aliphatic carbocycles. The Hall–Kier alpha value is -0.610. The van der Waals surface area contributed by atoms with Crippen molar-refractivity contribution in [1.29, 1.82) is 0 Å². The molecule has 0 amide bonds. The van der Waals surface area contributed by atoms with Crippen molar-refractivity contribution < 1.29 is 4.52 Å². The van der Waals surface area contributed by atoms with Crippen LogP contribution in [0.5, 0.6) is 0 Å². The topological polar surface area (TPSA) is 64.9 Å². The number of aromatic nitrogens is 2. The lowest BCUT2D eigenvalue weighted by atomic mass is 10.1. The Morgan fingerprint density at radius 1 is 1.31 bits per heavy atom. The van der Waals surface area contributed by atoms with Crippen LogP contribution in [0, 0.1) is 5.92 Å². The summed E-state index contributed by atoms with van der Waals surface area (Å²) < 4.78 is 5.21. The fourth-order valence-electron chi connectivity index (χ4n) is 2.02. The molecule has 0 aromatic carbocycles. The summed E-state index contributed by atoms with van der Waals surface area (Å²) in [6, 6.07) is -0.132. The van der Waals surface area contributed by atoms with Gasteiger partial charge in [0.1, 0.15) is 0 Å². The SMILES string of the molecule is CC(C)[C@H](N)c1nc(C2CCCC2)no1.Cl. The van der Waals surface area contributed by atoms with Crippen molar-refractivity contribution in [3.63, 3.8) is 0 Å². The summed E-state index contributed by atoms with van der Waals surface area (Å²) in [5.74, 6) is 2.29. The highest BCUT2D eigenvalue weighted by Gasteiger charge is 2.24. The van der Waals surface area contributed by atoms with Crippen molar-refractivity contribution in [1.82, 2.24) is 10.1 Å². The van der Waals surface area contributed by atoms with E-state index in [4.69, 9.17) is 10.3 Å². The zero-order valence-electron chi connectivity index (χ0n) is 9.85. The van der Waals surface area contributed by atoms with Gasteiger partial charge >= 0.3 is 0 Å². The number of halogens is 1. The smallest absolute Gasteiger partial charge is 0.243 e. The third-order valence-electron chi connectivity index (χ3n) is 3.18. The number of nitrogens with zero attached hydrogens (tertiary/aromatic N) is 2. The van der Waals surface area contributed by atoms with Gasteiger partial charge in [0.15, 0.2) is 5.82 Å². The number of hydrogen-bond donors (Lipinski definition) is 1. The maximum Gasteiger partial charge on any atom is 0.243 e. The summed E-state index contributed by atoms with van der Waals surface area (Å²) in [5, 5.41) is 4.04. The van der Waals surface area contributed by atoms with Crippen molar-refractivity contribution >= 4 is 12.4 Å². The molecule has 0 aliphatic heterocycles. The molecule has 1 fully saturated rings. The molecule has 1 aromatic rings. The molecule has 1 heterocycles. The molecule has 5 heteroatoms. The predicted molar refractivity (Wildman–Crippen MR) is 64.5 cm³/mol. The van der Waals surface area contributed by atoms with Crippen LogP contribution in [-0.4, -0.2) is 10.1 Å². The van der Waals surface area contributed by atoms with Gasteiger partial charge in [-0.25, -0.2) is 0 Å². The van der Waals surface area contributed by atoms with Gasteiger partial charge in [-0.05, 0) is 18.8 Å². The first-order chi connectivity index (χ1) is 7.18. The van der Waals surface area contributed by atoms with Crippen LogP contribution in [0.4, 0.5) is 0 Å². The van der Waals surface area contributed by atoms with Crippen LogP contribution < -0.4 is 5.73 Å². The molecule has 0 saturated heterocycles. The van der Waals surface area contributed by atoms with Gasteiger partial charge in [0, 0.05) is 5.92 Å². The van der Waals surface area contributed by atoms with Crippen LogP contribution in [-0.2, 0) is 0 Å². The number of nitrogens with two attached hydrogens (primary N) is 1. The monoisotopic (exact) mass is 245 g/mol. The normalized spacial score (nSPS) is 18.8. The number of rotatable bonds is 3. The Morgan fingerprint density at radius 2 is 1.94 bits per heavy atom. The van der Waals surface area contributed by atoms with Crippen LogP contribution in [0.1, 0.15) is 63.2 Å². The molecule has 0 unspecified atom stereocenters. The minimum absolute atomic E-state index is 0. The van der Waals surface area contributed by atoms with E-state index in [2.05, 4.69) is 24.0 Å². The molecule has 2 rings (SSSR count). The molecule has 0 bridgehead atoms. The quantitative estimate of drug-likeness (QED) is 0.889. The summed E-state index contributed by atoms with van der Waals surface area (Å²) in [6.07, 6.45) is 4.95. The first-order valence-corrected chi connectivity index (χ1v) is 5.77. The standard InChI is InChI=1S/C11H19N3O.ClH/c1-7(2)9(12)11-13-10(14-15-11)8-5-3-4-6-8;/h7-9H,3-6,12H2,1-2H3;1H/t9-;/m0./s1. The lowest BCUT2D eigenvalue weighted by molar-refractivity contribution is 0.321. The highest BCUT2D eigenvalue weighted by molar-refractivity contribution is 5.85. The van der Waals surface area contributed by atoms with Gasteiger partial charge in [0.2, 0.25) is 5.89 Å². The maximum absolute atomic E-state index is 5.95. The fraction of sp³-hybridized carbons (Fsp3) is 0.818. The molecule has 0 spiro atoms. The van der Waals surface area contributed by atoms with Crippen molar-refractivity contribution in [2.75, 3.05) is 0 Å². The van der Waals surface area contributed by atoms with E-state index < -0.39 is 0 Å². The van der Waals surface area contributed by atoms with Gasteiger partial charge in [-0.1, -0.05) is 31.8 Å². The summed E-state index contributed by atoms with van der Waals surface area (Å²) in [5.41, 5.74) is 5.95. The van der Waals surface area contributed by atoms with Gasteiger partial charge in [-0.3, -0.25) is 0 Å². The zero-order valence-corrected chi connectivity index (χ0v) is 10.7. The van der Waals surface area contributed by atoms with Crippen LogP contribution in [0.2, 0.25) is 0 Å². The fourth-order valence-corrected chi connectivity index (χ4v) is 2.02. The molecule has 92 valence electrons. The second-order valence-electron chi connectivity index (χ2n) is 4.74. The third kappa shape index (κ3) is 2.74. The molecule has 1 aliphatic rings. The van der Waals surface area contributed by atoms with Crippen LogP contribution in [0.3, 0.4) is 0 Å². The molecule has 0 radical (unpaired) electrons. The van der Waals surface area contributed by atoms with E-state index in [1.807, 2.05) is 0 Å². The minimum atomic E-state index is -0.132. The van der Waals surface area contributed by atoms with E-state index >= 15 is 0 Å². The molecule has 16 heavy (non-hydrogen) atoms. The molecular weight excluding hydrogens is 226 g/mol. The van der Waals surface area contributed by atoms with Crippen molar-refractivity contribution in [2.45, 2.75) is 51.5 Å². The van der Waals surface area contributed by atoms with Crippen molar-refractivity contribution in [2.24, 2.45) is 11.7 Å². The Balaban J connectivity index is 0.00000128. The Labute approximate surface area is 102 Å². The summed E-state index contributed by atoms with van der Waals surface area (Å²) in [6.45, 7) is 4.12. The highest BCUT2D eigenvalue weighted by atomic mass is 35.5. The second-order valence-corrected chi connectivity index (χ2v) is 4.74. The highest BCUT2D eigenvalue weighted by Crippen LogP contribution is 2.32. The van der Waals surface area contributed by atoms with Gasteiger partial charge in [0.25, 0.3) is 0 Å². The van der Waals surface area contributed by atoms with Crippen LogP contribution >= 0.6 is 12.4 Å². The molecule has 1 aromatic heterocycles. The lowest BCUT2D eigenvalue weighted by Gasteiger charge is -2.09.